The van der Waals surface area contributed by atoms with E-state index in [1.165, 1.54) is 18.3 Å². The van der Waals surface area contributed by atoms with Gasteiger partial charge in [-0.15, -0.1) is 0 Å². The second kappa shape index (κ2) is 7.69. The number of ketones is 1. The van der Waals surface area contributed by atoms with Crippen molar-refractivity contribution >= 4 is 44.6 Å². The summed E-state index contributed by atoms with van der Waals surface area (Å²) in [6.45, 7) is 1.87. The predicted molar refractivity (Wildman–Crippen MR) is 98.6 cm³/mol. The van der Waals surface area contributed by atoms with Gasteiger partial charge in [-0.2, -0.15) is 13.5 Å². The van der Waals surface area contributed by atoms with Gasteiger partial charge in [-0.1, -0.05) is 70.6 Å². The number of aryl methyl sites for hydroxylation is 1. The van der Waals surface area contributed by atoms with E-state index in [1.54, 1.807) is 36.4 Å². The molecule has 0 radical (unpaired) electrons. The zero-order valence-electron chi connectivity index (χ0n) is 12.3. The molecule has 0 fully saturated rings. The van der Waals surface area contributed by atoms with E-state index in [0.29, 0.717) is 5.56 Å². The van der Waals surface area contributed by atoms with Crippen LogP contribution in [0.3, 0.4) is 0 Å². The number of Topliss-reactive ketones (excluding diaryl/α,β-unsaturated/α-hetero) is 1. The molecule has 0 heterocycles. The van der Waals surface area contributed by atoms with Crippen LogP contribution >= 0.6 is 22.6 Å². The second-order valence-electron chi connectivity index (χ2n) is 4.82. The van der Waals surface area contributed by atoms with Gasteiger partial charge < -0.3 is 0 Å². The van der Waals surface area contributed by atoms with Crippen molar-refractivity contribution in [3.8, 4) is 0 Å². The molecular weight excluding hydrogens is 427 g/mol. The summed E-state index contributed by atoms with van der Waals surface area (Å²) in [7, 11) is -3.73. The number of rotatable bonds is 6. The van der Waals surface area contributed by atoms with Gasteiger partial charge in [0.2, 0.25) is 0 Å². The smallest absolute Gasteiger partial charge is 0.276 e. The lowest BCUT2D eigenvalue weighted by Gasteiger charge is -2.05. The number of halogens is 1. The van der Waals surface area contributed by atoms with Crippen molar-refractivity contribution in [2.45, 2.75) is 15.7 Å². The van der Waals surface area contributed by atoms with Crippen LogP contribution in [0.2, 0.25) is 0 Å². The van der Waals surface area contributed by atoms with Crippen LogP contribution in [-0.4, -0.2) is 24.3 Å². The van der Waals surface area contributed by atoms with Gasteiger partial charge in [-0.25, -0.2) is 4.83 Å². The lowest BCUT2D eigenvalue weighted by Crippen LogP contribution is -2.21. The molecule has 0 saturated carbocycles. The molecule has 5 nitrogen and oxygen atoms in total. The maximum atomic E-state index is 12.1. The summed E-state index contributed by atoms with van der Waals surface area (Å²) in [4.78, 5) is 14.4. The minimum absolute atomic E-state index is 0.125. The minimum atomic E-state index is -3.73. The molecule has 2 aromatic carbocycles. The van der Waals surface area contributed by atoms with Crippen LogP contribution in [0, 0.1) is 6.92 Å². The van der Waals surface area contributed by atoms with Gasteiger partial charge in [0.1, 0.15) is 3.92 Å². The number of nitrogens with zero attached hydrogens (tertiary/aromatic N) is 1. The number of sulfonamides is 1. The van der Waals surface area contributed by atoms with Crippen LogP contribution in [-0.2, 0) is 10.0 Å². The van der Waals surface area contributed by atoms with Crippen molar-refractivity contribution in [1.29, 1.82) is 0 Å². The van der Waals surface area contributed by atoms with E-state index < -0.39 is 13.9 Å². The topological polar surface area (TPSA) is 75.6 Å². The maximum Gasteiger partial charge on any atom is 0.276 e. The highest BCUT2D eigenvalue weighted by atomic mass is 127. The first kappa shape index (κ1) is 17.6. The molecule has 0 aliphatic heterocycles. The van der Waals surface area contributed by atoms with Crippen LogP contribution in [0.15, 0.2) is 64.6 Å². The SMILES string of the molecule is Cc1ccc(S(=O)(=O)N/N=C/C(I)C(=O)c2ccccc2)cc1. The monoisotopic (exact) mass is 442 g/mol. The third kappa shape index (κ3) is 4.87. The highest BCUT2D eigenvalue weighted by Crippen LogP contribution is 2.11. The molecule has 1 unspecified atom stereocenters. The van der Waals surface area contributed by atoms with Crippen molar-refractivity contribution < 1.29 is 13.2 Å². The first-order chi connectivity index (χ1) is 10.9. The normalized spacial score (nSPS) is 13.0. The van der Waals surface area contributed by atoms with Crippen LogP contribution in [0.1, 0.15) is 15.9 Å². The molecule has 0 bridgehead atoms. The van der Waals surface area contributed by atoms with Crippen LogP contribution in [0.5, 0.6) is 0 Å². The van der Waals surface area contributed by atoms with Crippen molar-refractivity contribution in [1.82, 2.24) is 4.83 Å². The van der Waals surface area contributed by atoms with Crippen LogP contribution < -0.4 is 4.83 Å². The van der Waals surface area contributed by atoms with E-state index in [-0.39, 0.29) is 10.7 Å². The molecule has 2 rings (SSSR count). The average molecular weight is 442 g/mol. The van der Waals surface area contributed by atoms with E-state index in [0.717, 1.165) is 5.56 Å². The fraction of sp³-hybridized carbons (Fsp3) is 0.125. The second-order valence-corrected chi connectivity index (χ2v) is 7.82. The van der Waals surface area contributed by atoms with Crippen LogP contribution in [0.4, 0.5) is 0 Å². The highest BCUT2D eigenvalue weighted by molar-refractivity contribution is 14.1. The van der Waals surface area contributed by atoms with E-state index in [9.17, 15) is 13.2 Å². The zero-order valence-corrected chi connectivity index (χ0v) is 15.3. The maximum absolute atomic E-state index is 12.1. The van der Waals surface area contributed by atoms with Gasteiger partial charge in [0.05, 0.1) is 4.90 Å². The Morgan fingerprint density at radius 2 is 1.74 bits per heavy atom. The summed E-state index contributed by atoms with van der Waals surface area (Å²) in [5.74, 6) is -0.135. The van der Waals surface area contributed by atoms with Crippen molar-refractivity contribution in [2.75, 3.05) is 0 Å². The number of alkyl halides is 1. The van der Waals surface area contributed by atoms with Gasteiger partial charge in [0, 0.05) is 11.8 Å². The van der Waals surface area contributed by atoms with Gasteiger partial charge in [0.25, 0.3) is 10.0 Å². The molecule has 2 aromatic rings. The Morgan fingerprint density at radius 1 is 1.13 bits per heavy atom. The lowest BCUT2D eigenvalue weighted by molar-refractivity contribution is 0.101. The van der Waals surface area contributed by atoms with Gasteiger partial charge in [0.15, 0.2) is 5.78 Å². The van der Waals surface area contributed by atoms with Crippen molar-refractivity contribution in [3.05, 3.63) is 65.7 Å². The number of hydrazone groups is 1. The number of hydrogen-bond acceptors (Lipinski definition) is 4. The molecule has 0 aromatic heterocycles. The molecule has 120 valence electrons. The molecule has 1 N–H and O–H groups in total. The van der Waals surface area contributed by atoms with Gasteiger partial charge >= 0.3 is 0 Å². The Kier molecular flexibility index (Phi) is 5.89. The zero-order chi connectivity index (χ0) is 16.9. The Labute approximate surface area is 149 Å². The van der Waals surface area contributed by atoms with Crippen molar-refractivity contribution in [3.63, 3.8) is 0 Å². The molecule has 0 saturated heterocycles. The summed E-state index contributed by atoms with van der Waals surface area (Å²) in [5.41, 5.74) is 1.52. The largest absolute Gasteiger partial charge is 0.293 e. The standard InChI is InChI=1S/C16H15IN2O3S/c1-12-7-9-14(10-8-12)23(21,22)19-18-11-15(17)16(20)13-5-3-2-4-6-13/h2-11,15,19H,1H3/b18-11+. The molecule has 0 spiro atoms. The Morgan fingerprint density at radius 3 is 2.35 bits per heavy atom. The number of carbonyl (C=O) groups excluding carboxylic acids is 1. The van der Waals surface area contributed by atoms with E-state index in [4.69, 9.17) is 0 Å². The summed E-state index contributed by atoms with van der Waals surface area (Å²) in [6, 6.07) is 15.2. The predicted octanol–water partition coefficient (Wildman–Crippen LogP) is 2.95. The molecule has 0 aliphatic carbocycles. The molecule has 0 aliphatic rings. The third-order valence-electron chi connectivity index (χ3n) is 3.02. The van der Waals surface area contributed by atoms with E-state index in [2.05, 4.69) is 9.93 Å². The third-order valence-corrected chi connectivity index (χ3v) is 5.14. The Hall–Kier alpha value is -1.74. The summed E-state index contributed by atoms with van der Waals surface area (Å²) in [6.07, 6.45) is 1.28. The van der Waals surface area contributed by atoms with Crippen LogP contribution in [0.25, 0.3) is 0 Å². The average Bonchev–Trinajstić information content (AvgIpc) is 2.55. The molecule has 0 amide bonds. The van der Waals surface area contributed by atoms with E-state index >= 15 is 0 Å². The fourth-order valence-corrected chi connectivity index (χ4v) is 3.08. The highest BCUT2D eigenvalue weighted by Gasteiger charge is 2.16. The quantitative estimate of drug-likeness (QED) is 0.246. The molecule has 23 heavy (non-hydrogen) atoms. The Balaban J connectivity index is 2.03. The summed E-state index contributed by atoms with van der Waals surface area (Å²) < 4.78 is 23.5. The number of benzene rings is 2. The summed E-state index contributed by atoms with van der Waals surface area (Å²) >= 11 is 1.91. The lowest BCUT2D eigenvalue weighted by atomic mass is 10.1. The van der Waals surface area contributed by atoms with Gasteiger partial charge in [-0.3, -0.25) is 4.79 Å². The van der Waals surface area contributed by atoms with Crippen molar-refractivity contribution in [2.24, 2.45) is 5.10 Å². The number of nitrogens with one attached hydrogen (secondary N) is 1. The molecule has 7 heteroatoms. The minimum Gasteiger partial charge on any atom is -0.293 e. The van der Waals surface area contributed by atoms with E-state index in [1.807, 2.05) is 35.6 Å². The fourth-order valence-electron chi connectivity index (χ4n) is 1.76. The Bertz CT molecular complexity index is 803. The number of hydrogen-bond donors (Lipinski definition) is 1. The number of carbonyl (C=O) groups is 1. The van der Waals surface area contributed by atoms with Gasteiger partial charge in [-0.05, 0) is 19.1 Å². The first-order valence-corrected chi connectivity index (χ1v) is 9.48. The molecule has 1 atom stereocenters. The molecular formula is C16H15IN2O3S. The first-order valence-electron chi connectivity index (χ1n) is 6.75. The summed E-state index contributed by atoms with van der Waals surface area (Å²) in [5, 5.41) is 3.70.